The number of hydrogen-bond donors (Lipinski definition) is 2. The predicted octanol–water partition coefficient (Wildman–Crippen LogP) is 2.73. The lowest BCUT2D eigenvalue weighted by Crippen LogP contribution is -2.54. The van der Waals surface area contributed by atoms with Crippen molar-refractivity contribution >= 4 is 17.7 Å². The van der Waals surface area contributed by atoms with Gasteiger partial charge in [0.25, 0.3) is 0 Å². The Kier molecular flexibility index (Phi) is 5.42. The molecule has 0 atom stereocenters. The lowest BCUT2D eigenvalue weighted by molar-refractivity contribution is 0.1000. The standard InChI is InChI=1S/C21H19F2N5O2/c22-15-4-6-16(7-5-15)30-17-11-28(12-17)20-18(23)10-26-21(27-20)25-9-13-2-1-3-14(8-13)19(24)29/h1-8,10,17H,9,11-12H2,(H2,24,29)(H,25,26,27). The number of carbonyl (C=O) groups excluding carboxylic acids is 1. The minimum absolute atomic E-state index is 0.141. The lowest BCUT2D eigenvalue weighted by Gasteiger charge is -2.39. The Bertz CT molecular complexity index is 1060. The Morgan fingerprint density at radius 2 is 1.97 bits per heavy atom. The van der Waals surface area contributed by atoms with E-state index < -0.39 is 11.7 Å². The van der Waals surface area contributed by atoms with Crippen molar-refractivity contribution in [2.24, 2.45) is 5.73 Å². The second-order valence-electron chi connectivity index (χ2n) is 6.88. The normalized spacial score (nSPS) is 13.6. The van der Waals surface area contributed by atoms with E-state index in [9.17, 15) is 13.6 Å². The van der Waals surface area contributed by atoms with Gasteiger partial charge in [0.05, 0.1) is 19.3 Å². The molecule has 4 rings (SSSR count). The van der Waals surface area contributed by atoms with E-state index in [0.29, 0.717) is 30.9 Å². The van der Waals surface area contributed by atoms with Crippen LogP contribution >= 0.6 is 0 Å². The molecule has 0 bridgehead atoms. The lowest BCUT2D eigenvalue weighted by atomic mass is 10.1. The van der Waals surface area contributed by atoms with Crippen LogP contribution in [-0.4, -0.2) is 35.1 Å². The van der Waals surface area contributed by atoms with Gasteiger partial charge in [0.15, 0.2) is 11.6 Å². The highest BCUT2D eigenvalue weighted by atomic mass is 19.1. The summed E-state index contributed by atoms with van der Waals surface area (Å²) in [6, 6.07) is 12.6. The van der Waals surface area contributed by atoms with Gasteiger partial charge in [-0.25, -0.2) is 13.8 Å². The number of carbonyl (C=O) groups is 1. The van der Waals surface area contributed by atoms with E-state index in [0.717, 1.165) is 11.8 Å². The van der Waals surface area contributed by atoms with Crippen LogP contribution in [0.2, 0.25) is 0 Å². The summed E-state index contributed by atoms with van der Waals surface area (Å²) in [5.41, 5.74) is 6.51. The highest BCUT2D eigenvalue weighted by Crippen LogP contribution is 2.25. The van der Waals surface area contributed by atoms with Crippen LogP contribution in [-0.2, 0) is 6.54 Å². The zero-order valence-electron chi connectivity index (χ0n) is 15.9. The van der Waals surface area contributed by atoms with Crippen LogP contribution in [0.15, 0.2) is 54.7 Å². The molecule has 0 saturated carbocycles. The van der Waals surface area contributed by atoms with Crippen molar-refractivity contribution in [2.75, 3.05) is 23.3 Å². The average Bonchev–Trinajstić information content (AvgIpc) is 2.72. The van der Waals surface area contributed by atoms with Gasteiger partial charge >= 0.3 is 0 Å². The zero-order valence-corrected chi connectivity index (χ0v) is 15.9. The number of primary amides is 1. The van der Waals surface area contributed by atoms with Gasteiger partial charge in [-0.15, -0.1) is 0 Å². The van der Waals surface area contributed by atoms with Crippen molar-refractivity contribution in [3.8, 4) is 5.75 Å². The second-order valence-corrected chi connectivity index (χ2v) is 6.88. The molecule has 1 aliphatic rings. The summed E-state index contributed by atoms with van der Waals surface area (Å²) in [6.45, 7) is 1.25. The Hall–Kier alpha value is -3.75. The Morgan fingerprint density at radius 3 is 2.70 bits per heavy atom. The summed E-state index contributed by atoms with van der Waals surface area (Å²) < 4.78 is 32.9. The third-order valence-corrected chi connectivity index (χ3v) is 4.65. The Morgan fingerprint density at radius 1 is 1.20 bits per heavy atom. The fourth-order valence-electron chi connectivity index (χ4n) is 3.07. The molecule has 3 aromatic rings. The van der Waals surface area contributed by atoms with Crippen molar-refractivity contribution in [3.05, 3.63) is 77.5 Å². The van der Waals surface area contributed by atoms with Crippen LogP contribution in [0.3, 0.4) is 0 Å². The van der Waals surface area contributed by atoms with E-state index in [1.807, 2.05) is 6.07 Å². The number of nitrogens with one attached hydrogen (secondary N) is 1. The highest BCUT2D eigenvalue weighted by molar-refractivity contribution is 5.92. The molecule has 0 spiro atoms. The fraction of sp³-hybridized carbons (Fsp3) is 0.190. The molecular weight excluding hydrogens is 392 g/mol. The predicted molar refractivity (Wildman–Crippen MR) is 107 cm³/mol. The van der Waals surface area contributed by atoms with Gasteiger partial charge in [-0.05, 0) is 42.0 Å². The fourth-order valence-corrected chi connectivity index (χ4v) is 3.07. The first-order chi connectivity index (χ1) is 14.5. The molecule has 30 heavy (non-hydrogen) atoms. The first kappa shape index (κ1) is 19.6. The maximum absolute atomic E-state index is 14.2. The van der Waals surface area contributed by atoms with E-state index in [-0.39, 0.29) is 23.7 Å². The average molecular weight is 411 g/mol. The molecule has 1 saturated heterocycles. The zero-order chi connectivity index (χ0) is 21.1. The number of nitrogens with two attached hydrogens (primary N) is 1. The van der Waals surface area contributed by atoms with Crippen LogP contribution in [0.1, 0.15) is 15.9 Å². The van der Waals surface area contributed by atoms with E-state index in [4.69, 9.17) is 10.5 Å². The molecule has 7 nitrogen and oxygen atoms in total. The van der Waals surface area contributed by atoms with Crippen LogP contribution in [0, 0.1) is 11.6 Å². The third kappa shape index (κ3) is 4.45. The minimum atomic E-state index is -0.531. The third-order valence-electron chi connectivity index (χ3n) is 4.65. The van der Waals surface area contributed by atoms with Crippen LogP contribution in [0.4, 0.5) is 20.5 Å². The van der Waals surface area contributed by atoms with Crippen molar-refractivity contribution in [3.63, 3.8) is 0 Å². The molecule has 1 amide bonds. The number of ether oxygens (including phenoxy) is 1. The molecule has 9 heteroatoms. The van der Waals surface area contributed by atoms with Crippen molar-refractivity contribution in [2.45, 2.75) is 12.6 Å². The number of anilines is 2. The molecule has 2 aromatic carbocycles. The van der Waals surface area contributed by atoms with Gasteiger partial charge in [0, 0.05) is 12.1 Å². The second kappa shape index (κ2) is 8.32. The van der Waals surface area contributed by atoms with E-state index >= 15 is 0 Å². The number of rotatable bonds is 7. The Balaban J connectivity index is 1.36. The summed E-state index contributed by atoms with van der Waals surface area (Å²) in [6.07, 6.45) is 0.969. The highest BCUT2D eigenvalue weighted by Gasteiger charge is 2.31. The Labute approximate surface area is 171 Å². The molecule has 1 aliphatic heterocycles. The summed E-state index contributed by atoms with van der Waals surface area (Å²) in [5, 5.41) is 3.02. The molecule has 1 fully saturated rings. The van der Waals surface area contributed by atoms with Crippen LogP contribution in [0.25, 0.3) is 0 Å². The van der Waals surface area contributed by atoms with Gasteiger partial charge < -0.3 is 20.7 Å². The molecule has 1 aromatic heterocycles. The van der Waals surface area contributed by atoms with E-state index in [1.165, 1.54) is 12.1 Å². The van der Waals surface area contributed by atoms with Gasteiger partial charge in [0.1, 0.15) is 17.7 Å². The van der Waals surface area contributed by atoms with Crippen LogP contribution < -0.4 is 20.7 Å². The summed E-state index contributed by atoms with van der Waals surface area (Å²) in [5.74, 6) is -0.369. The van der Waals surface area contributed by atoms with Crippen molar-refractivity contribution in [1.29, 1.82) is 0 Å². The number of halogens is 2. The quantitative estimate of drug-likeness (QED) is 0.621. The molecule has 3 N–H and O–H groups in total. The maximum atomic E-state index is 14.2. The molecule has 0 aliphatic carbocycles. The number of nitrogens with zero attached hydrogens (tertiary/aromatic N) is 3. The molecule has 2 heterocycles. The summed E-state index contributed by atoms with van der Waals surface area (Å²) >= 11 is 0. The van der Waals surface area contributed by atoms with Crippen molar-refractivity contribution in [1.82, 2.24) is 9.97 Å². The number of aromatic nitrogens is 2. The molecule has 0 radical (unpaired) electrons. The first-order valence-electron chi connectivity index (χ1n) is 9.30. The minimum Gasteiger partial charge on any atom is -0.487 e. The maximum Gasteiger partial charge on any atom is 0.248 e. The summed E-state index contributed by atoms with van der Waals surface area (Å²) in [7, 11) is 0. The van der Waals surface area contributed by atoms with Gasteiger partial charge in [0.2, 0.25) is 11.9 Å². The number of hydrogen-bond acceptors (Lipinski definition) is 6. The van der Waals surface area contributed by atoms with Crippen molar-refractivity contribution < 1.29 is 18.3 Å². The van der Waals surface area contributed by atoms with Gasteiger partial charge in [-0.2, -0.15) is 4.98 Å². The monoisotopic (exact) mass is 411 g/mol. The number of benzene rings is 2. The van der Waals surface area contributed by atoms with E-state index in [2.05, 4.69) is 15.3 Å². The topological polar surface area (TPSA) is 93.4 Å². The molecule has 154 valence electrons. The van der Waals surface area contributed by atoms with Crippen LogP contribution in [0.5, 0.6) is 5.75 Å². The molecule has 0 unspecified atom stereocenters. The number of amides is 1. The SMILES string of the molecule is NC(=O)c1cccc(CNc2ncc(F)c(N3CC(Oc4ccc(F)cc4)C3)n2)c1. The van der Waals surface area contributed by atoms with Gasteiger partial charge in [-0.3, -0.25) is 4.79 Å². The van der Waals surface area contributed by atoms with E-state index in [1.54, 1.807) is 35.2 Å². The molecular formula is C21H19F2N5O2. The first-order valence-corrected chi connectivity index (χ1v) is 9.30. The largest absolute Gasteiger partial charge is 0.487 e. The smallest absolute Gasteiger partial charge is 0.248 e. The summed E-state index contributed by atoms with van der Waals surface area (Å²) in [4.78, 5) is 21.2. The van der Waals surface area contributed by atoms with Gasteiger partial charge in [-0.1, -0.05) is 12.1 Å².